The zero-order valence-corrected chi connectivity index (χ0v) is 10.3. The van der Waals surface area contributed by atoms with Gasteiger partial charge in [0.05, 0.1) is 6.42 Å². The third-order valence-corrected chi connectivity index (χ3v) is 2.41. The number of aliphatic carboxylic acids is 2. The van der Waals surface area contributed by atoms with Gasteiger partial charge in [-0.15, -0.1) is 0 Å². The molecule has 2 N–H and O–H groups in total. The van der Waals surface area contributed by atoms with E-state index < -0.39 is 18.0 Å². The van der Waals surface area contributed by atoms with Crippen LogP contribution in [0.4, 0.5) is 0 Å². The molecule has 1 unspecified atom stereocenters. The van der Waals surface area contributed by atoms with Gasteiger partial charge in [-0.25, -0.2) is 4.79 Å². The van der Waals surface area contributed by atoms with Gasteiger partial charge in [-0.1, -0.05) is 20.8 Å². The van der Waals surface area contributed by atoms with E-state index in [0.29, 0.717) is 0 Å². The first-order valence-corrected chi connectivity index (χ1v) is 5.55. The molecule has 0 heterocycles. The molecule has 0 aliphatic carbocycles. The molecular weight excluding hydrogens is 226 g/mol. The van der Waals surface area contributed by atoms with Crippen molar-refractivity contribution >= 4 is 17.8 Å². The monoisotopic (exact) mass is 245 g/mol. The summed E-state index contributed by atoms with van der Waals surface area (Å²) in [6.07, 6.45) is -0.0850. The lowest BCUT2D eigenvalue weighted by molar-refractivity contribution is -0.153. The maximum atomic E-state index is 11.6. The van der Waals surface area contributed by atoms with Gasteiger partial charge in [0.25, 0.3) is 0 Å². The highest BCUT2D eigenvalue weighted by Gasteiger charge is 2.31. The molecule has 0 aliphatic heterocycles. The zero-order valence-electron chi connectivity index (χ0n) is 10.3. The van der Waals surface area contributed by atoms with Gasteiger partial charge in [0.2, 0.25) is 5.91 Å². The molecule has 0 saturated heterocycles. The minimum atomic E-state index is -1.10. The number of carboxylic acids is 2. The number of nitrogens with zero attached hydrogens (tertiary/aromatic N) is 1. The average molecular weight is 245 g/mol. The summed E-state index contributed by atoms with van der Waals surface area (Å²) in [5, 5.41) is 17.7. The number of hydrogen-bond donors (Lipinski definition) is 2. The Labute approximate surface area is 100 Å². The largest absolute Gasteiger partial charge is 0.481 e. The summed E-state index contributed by atoms with van der Waals surface area (Å²) >= 11 is 0. The Kier molecular flexibility index (Phi) is 6.23. The van der Waals surface area contributed by atoms with E-state index in [1.54, 1.807) is 20.8 Å². The van der Waals surface area contributed by atoms with Gasteiger partial charge in [0, 0.05) is 13.0 Å². The number of carbonyl (C=O) groups is 3. The van der Waals surface area contributed by atoms with Crippen LogP contribution in [0.2, 0.25) is 0 Å². The summed E-state index contributed by atoms with van der Waals surface area (Å²) in [7, 11) is 0. The number of hydrogen-bond acceptors (Lipinski definition) is 3. The molecular formula is C11H19NO5. The third kappa shape index (κ3) is 4.84. The van der Waals surface area contributed by atoms with Crippen LogP contribution in [0.25, 0.3) is 0 Å². The summed E-state index contributed by atoms with van der Waals surface area (Å²) < 4.78 is 0. The Morgan fingerprint density at radius 3 is 2.00 bits per heavy atom. The maximum Gasteiger partial charge on any atom is 0.326 e. The second-order valence-electron chi connectivity index (χ2n) is 4.11. The minimum absolute atomic E-state index is 0.0723. The molecule has 1 atom stereocenters. The molecule has 0 spiro atoms. The fraction of sp³-hybridized carbons (Fsp3) is 0.727. The Morgan fingerprint density at radius 1 is 1.18 bits per heavy atom. The summed E-state index contributed by atoms with van der Waals surface area (Å²) in [5.74, 6) is -2.76. The van der Waals surface area contributed by atoms with Crippen molar-refractivity contribution in [3.05, 3.63) is 0 Å². The van der Waals surface area contributed by atoms with Crippen molar-refractivity contribution in [2.24, 2.45) is 5.92 Å². The first-order valence-electron chi connectivity index (χ1n) is 5.55. The molecule has 0 rings (SSSR count). The minimum Gasteiger partial charge on any atom is -0.481 e. The number of amides is 1. The van der Waals surface area contributed by atoms with Crippen LogP contribution >= 0.6 is 0 Å². The number of carbonyl (C=O) groups excluding carboxylic acids is 1. The van der Waals surface area contributed by atoms with E-state index in [9.17, 15) is 14.4 Å². The molecule has 1 amide bonds. The van der Waals surface area contributed by atoms with Crippen LogP contribution in [0.5, 0.6) is 0 Å². The quantitative estimate of drug-likeness (QED) is 0.692. The standard InChI is InChI=1S/C11H19NO5/c1-4-8(13)12(6-5-9(14)15)10(7(2)3)11(16)17/h7,10H,4-6H2,1-3H3,(H,14,15)(H,16,17). The second-order valence-corrected chi connectivity index (χ2v) is 4.11. The Morgan fingerprint density at radius 2 is 1.71 bits per heavy atom. The van der Waals surface area contributed by atoms with Gasteiger partial charge < -0.3 is 15.1 Å². The highest BCUT2D eigenvalue weighted by molar-refractivity contribution is 5.84. The molecule has 98 valence electrons. The molecule has 6 heteroatoms. The molecule has 0 aromatic rings. The molecule has 0 radical (unpaired) electrons. The first kappa shape index (κ1) is 15.4. The second kappa shape index (κ2) is 6.88. The Bertz CT molecular complexity index is 300. The summed E-state index contributed by atoms with van der Waals surface area (Å²) in [6, 6.07) is -0.971. The van der Waals surface area contributed by atoms with E-state index in [0.717, 1.165) is 4.90 Å². The van der Waals surface area contributed by atoms with E-state index >= 15 is 0 Å². The van der Waals surface area contributed by atoms with Crippen molar-refractivity contribution in [2.75, 3.05) is 6.54 Å². The van der Waals surface area contributed by atoms with Crippen molar-refractivity contribution in [3.8, 4) is 0 Å². The Balaban J connectivity index is 4.92. The van der Waals surface area contributed by atoms with Crippen LogP contribution < -0.4 is 0 Å². The van der Waals surface area contributed by atoms with Crippen molar-refractivity contribution in [1.82, 2.24) is 4.90 Å². The fourth-order valence-electron chi connectivity index (χ4n) is 1.62. The van der Waals surface area contributed by atoms with Crippen LogP contribution in [0.3, 0.4) is 0 Å². The first-order chi connectivity index (χ1) is 7.81. The van der Waals surface area contributed by atoms with Crippen LogP contribution in [-0.4, -0.2) is 45.5 Å². The zero-order chi connectivity index (χ0) is 13.6. The molecule has 0 aromatic carbocycles. The molecule has 6 nitrogen and oxygen atoms in total. The van der Waals surface area contributed by atoms with Crippen LogP contribution in [-0.2, 0) is 14.4 Å². The van der Waals surface area contributed by atoms with Gasteiger partial charge in [0.15, 0.2) is 0 Å². The van der Waals surface area contributed by atoms with E-state index in [2.05, 4.69) is 0 Å². The molecule has 0 bridgehead atoms. The molecule has 0 fully saturated rings. The lowest BCUT2D eigenvalue weighted by Crippen LogP contribution is -2.48. The molecule has 0 aliphatic rings. The van der Waals surface area contributed by atoms with Crippen LogP contribution in [0, 0.1) is 5.92 Å². The van der Waals surface area contributed by atoms with Gasteiger partial charge in [-0.2, -0.15) is 0 Å². The lowest BCUT2D eigenvalue weighted by Gasteiger charge is -2.30. The van der Waals surface area contributed by atoms with Crippen molar-refractivity contribution in [3.63, 3.8) is 0 Å². The topological polar surface area (TPSA) is 94.9 Å². The number of carboxylic acid groups (broad SMARTS) is 2. The average Bonchev–Trinajstić information content (AvgIpc) is 2.21. The van der Waals surface area contributed by atoms with E-state index in [1.807, 2.05) is 0 Å². The van der Waals surface area contributed by atoms with Crippen molar-refractivity contribution < 1.29 is 24.6 Å². The molecule has 17 heavy (non-hydrogen) atoms. The summed E-state index contributed by atoms with van der Waals surface area (Å²) in [6.45, 7) is 4.93. The van der Waals surface area contributed by atoms with Gasteiger partial charge >= 0.3 is 11.9 Å². The predicted octanol–water partition coefficient (Wildman–Crippen LogP) is 0.809. The highest BCUT2D eigenvalue weighted by Crippen LogP contribution is 2.13. The number of rotatable bonds is 7. The van der Waals surface area contributed by atoms with Crippen LogP contribution in [0.15, 0.2) is 0 Å². The fourth-order valence-corrected chi connectivity index (χ4v) is 1.62. The lowest BCUT2D eigenvalue weighted by atomic mass is 10.0. The summed E-state index contributed by atoms with van der Waals surface area (Å²) in [4.78, 5) is 34.4. The molecule has 0 saturated carbocycles. The maximum absolute atomic E-state index is 11.6. The normalized spacial score (nSPS) is 12.2. The highest BCUT2D eigenvalue weighted by atomic mass is 16.4. The van der Waals surface area contributed by atoms with Crippen molar-refractivity contribution in [1.29, 1.82) is 0 Å². The third-order valence-electron chi connectivity index (χ3n) is 2.41. The Hall–Kier alpha value is -1.59. The van der Waals surface area contributed by atoms with Crippen LogP contribution in [0.1, 0.15) is 33.6 Å². The van der Waals surface area contributed by atoms with Gasteiger partial charge in [-0.05, 0) is 5.92 Å². The van der Waals surface area contributed by atoms with Gasteiger partial charge in [-0.3, -0.25) is 9.59 Å². The summed E-state index contributed by atoms with van der Waals surface area (Å²) in [5.41, 5.74) is 0. The molecule has 0 aromatic heterocycles. The van der Waals surface area contributed by atoms with E-state index in [4.69, 9.17) is 10.2 Å². The van der Waals surface area contributed by atoms with E-state index in [-0.39, 0.29) is 31.2 Å². The van der Waals surface area contributed by atoms with E-state index in [1.165, 1.54) is 0 Å². The van der Waals surface area contributed by atoms with Crippen molar-refractivity contribution in [2.45, 2.75) is 39.7 Å². The SMILES string of the molecule is CCC(=O)N(CCC(=O)O)C(C(=O)O)C(C)C. The van der Waals surface area contributed by atoms with Gasteiger partial charge in [0.1, 0.15) is 6.04 Å². The smallest absolute Gasteiger partial charge is 0.326 e. The predicted molar refractivity (Wildman–Crippen MR) is 60.5 cm³/mol.